The Labute approximate surface area is 85.7 Å². The van der Waals surface area contributed by atoms with E-state index in [4.69, 9.17) is 5.26 Å². The average molecular weight is 201 g/mol. The van der Waals surface area contributed by atoms with Crippen molar-refractivity contribution in [3.05, 3.63) is 40.6 Å². The zero-order chi connectivity index (χ0) is 9.97. The molecule has 0 saturated heterocycles. The summed E-state index contributed by atoms with van der Waals surface area (Å²) in [6, 6.07) is 8.97. The second kappa shape index (κ2) is 3.52. The van der Waals surface area contributed by atoms with Crippen LogP contribution in [0.4, 0.5) is 0 Å². The minimum atomic E-state index is 0.0381. The molecule has 1 N–H and O–H groups in total. The molecule has 0 aliphatic heterocycles. The van der Waals surface area contributed by atoms with Crippen molar-refractivity contribution in [2.45, 2.75) is 0 Å². The molecule has 0 unspecified atom stereocenters. The fraction of sp³-hybridized carbons (Fsp3) is 0. The Kier molecular flexibility index (Phi) is 2.21. The first-order chi connectivity index (χ1) is 6.81. The largest absolute Gasteiger partial charge is 0.507 e. The van der Waals surface area contributed by atoms with Gasteiger partial charge in [-0.25, -0.2) is 0 Å². The van der Waals surface area contributed by atoms with Crippen molar-refractivity contribution in [2.24, 2.45) is 0 Å². The van der Waals surface area contributed by atoms with Crippen LogP contribution < -0.4 is 0 Å². The van der Waals surface area contributed by atoms with E-state index in [1.54, 1.807) is 23.5 Å². The van der Waals surface area contributed by atoms with Crippen LogP contribution >= 0.6 is 11.3 Å². The van der Waals surface area contributed by atoms with E-state index >= 15 is 0 Å². The molecule has 3 heteroatoms. The summed E-state index contributed by atoms with van der Waals surface area (Å²) < 4.78 is 0. The minimum absolute atomic E-state index is 0.0381. The standard InChI is InChI=1S/C11H7NOS/c12-6-9-2-1-8(5-11(9)13)10-3-4-14-7-10/h1-5,7,13H. The first-order valence-corrected chi connectivity index (χ1v) is 5.01. The van der Waals surface area contributed by atoms with Crippen molar-refractivity contribution in [3.63, 3.8) is 0 Å². The van der Waals surface area contributed by atoms with E-state index in [2.05, 4.69) is 0 Å². The molecule has 0 amide bonds. The number of thiophene rings is 1. The lowest BCUT2D eigenvalue weighted by Crippen LogP contribution is -1.78. The normalized spacial score (nSPS) is 9.64. The Morgan fingerprint density at radius 1 is 1.21 bits per heavy atom. The molecular weight excluding hydrogens is 194 g/mol. The molecule has 2 nitrogen and oxygen atoms in total. The van der Waals surface area contributed by atoms with Gasteiger partial charge in [-0.2, -0.15) is 16.6 Å². The lowest BCUT2D eigenvalue weighted by Gasteiger charge is -2.00. The number of hydrogen-bond donors (Lipinski definition) is 1. The van der Waals surface area contributed by atoms with Crippen molar-refractivity contribution in [3.8, 4) is 22.9 Å². The summed E-state index contributed by atoms with van der Waals surface area (Å²) in [5.74, 6) is 0.0381. The number of phenolic OH excluding ortho intramolecular Hbond substituents is 1. The maximum absolute atomic E-state index is 9.47. The van der Waals surface area contributed by atoms with Gasteiger partial charge in [-0.05, 0) is 40.1 Å². The number of rotatable bonds is 1. The van der Waals surface area contributed by atoms with E-state index in [1.165, 1.54) is 0 Å². The zero-order valence-electron chi connectivity index (χ0n) is 7.27. The quantitative estimate of drug-likeness (QED) is 0.770. The van der Waals surface area contributed by atoms with Crippen LogP contribution in [0.1, 0.15) is 5.56 Å². The molecule has 0 atom stereocenters. The van der Waals surface area contributed by atoms with Gasteiger partial charge in [-0.3, -0.25) is 0 Å². The van der Waals surface area contributed by atoms with Crippen LogP contribution in [0.2, 0.25) is 0 Å². The van der Waals surface area contributed by atoms with Crippen LogP contribution in [0, 0.1) is 11.3 Å². The van der Waals surface area contributed by atoms with Crippen LogP contribution in [0.5, 0.6) is 5.75 Å². The second-order valence-electron chi connectivity index (χ2n) is 2.86. The summed E-state index contributed by atoms with van der Waals surface area (Å²) in [5.41, 5.74) is 2.31. The Balaban J connectivity index is 2.49. The third-order valence-corrected chi connectivity index (χ3v) is 2.66. The maximum Gasteiger partial charge on any atom is 0.133 e. The van der Waals surface area contributed by atoms with E-state index < -0.39 is 0 Å². The molecular formula is C11H7NOS. The number of phenols is 1. The zero-order valence-corrected chi connectivity index (χ0v) is 8.08. The third kappa shape index (κ3) is 1.48. The molecule has 0 aliphatic carbocycles. The number of benzene rings is 1. The molecule has 1 aromatic carbocycles. The van der Waals surface area contributed by atoms with Crippen LogP contribution in [-0.2, 0) is 0 Å². The fourth-order valence-corrected chi connectivity index (χ4v) is 1.90. The molecule has 0 radical (unpaired) electrons. The van der Waals surface area contributed by atoms with Gasteiger partial charge in [0.05, 0.1) is 5.56 Å². The Morgan fingerprint density at radius 3 is 2.64 bits per heavy atom. The lowest BCUT2D eigenvalue weighted by molar-refractivity contribution is 0.474. The molecule has 2 aromatic rings. The second-order valence-corrected chi connectivity index (χ2v) is 3.64. The molecule has 14 heavy (non-hydrogen) atoms. The van der Waals surface area contributed by atoms with Gasteiger partial charge in [0.1, 0.15) is 11.8 Å². The Bertz CT molecular complexity index is 482. The van der Waals surface area contributed by atoms with Gasteiger partial charge in [0.2, 0.25) is 0 Å². The van der Waals surface area contributed by atoms with Crippen molar-refractivity contribution >= 4 is 11.3 Å². The summed E-state index contributed by atoms with van der Waals surface area (Å²) in [7, 11) is 0. The van der Waals surface area contributed by atoms with E-state index in [0.29, 0.717) is 5.56 Å². The van der Waals surface area contributed by atoms with Crippen LogP contribution in [-0.4, -0.2) is 5.11 Å². The van der Waals surface area contributed by atoms with Gasteiger partial charge in [0.15, 0.2) is 0 Å². The van der Waals surface area contributed by atoms with Crippen molar-refractivity contribution < 1.29 is 5.11 Å². The van der Waals surface area contributed by atoms with Gasteiger partial charge >= 0.3 is 0 Å². The van der Waals surface area contributed by atoms with Gasteiger partial charge < -0.3 is 5.11 Å². The SMILES string of the molecule is N#Cc1ccc(-c2ccsc2)cc1O. The molecule has 0 fully saturated rings. The number of hydrogen-bond acceptors (Lipinski definition) is 3. The summed E-state index contributed by atoms with van der Waals surface area (Å²) in [6.45, 7) is 0. The highest BCUT2D eigenvalue weighted by Crippen LogP contribution is 2.27. The van der Waals surface area contributed by atoms with Crippen LogP contribution in [0.25, 0.3) is 11.1 Å². The first kappa shape index (κ1) is 8.79. The maximum atomic E-state index is 9.47. The minimum Gasteiger partial charge on any atom is -0.507 e. The first-order valence-electron chi connectivity index (χ1n) is 4.07. The van der Waals surface area contributed by atoms with Gasteiger partial charge in [-0.1, -0.05) is 6.07 Å². The van der Waals surface area contributed by atoms with Gasteiger partial charge in [-0.15, -0.1) is 0 Å². The highest BCUT2D eigenvalue weighted by atomic mass is 32.1. The van der Waals surface area contributed by atoms with Gasteiger partial charge in [0.25, 0.3) is 0 Å². The Hall–Kier alpha value is -1.79. The monoisotopic (exact) mass is 201 g/mol. The number of nitriles is 1. The van der Waals surface area contributed by atoms with Crippen molar-refractivity contribution in [1.29, 1.82) is 5.26 Å². The third-order valence-electron chi connectivity index (χ3n) is 1.97. The van der Waals surface area contributed by atoms with E-state index in [9.17, 15) is 5.11 Å². The van der Waals surface area contributed by atoms with Crippen LogP contribution in [0.15, 0.2) is 35.0 Å². The molecule has 2 rings (SSSR count). The number of aromatic hydroxyl groups is 1. The molecule has 1 aromatic heterocycles. The predicted molar refractivity (Wildman–Crippen MR) is 56.1 cm³/mol. The van der Waals surface area contributed by atoms with Gasteiger partial charge in [0, 0.05) is 0 Å². The highest BCUT2D eigenvalue weighted by Gasteiger charge is 2.03. The van der Waals surface area contributed by atoms with Crippen LogP contribution in [0.3, 0.4) is 0 Å². The molecule has 0 bridgehead atoms. The average Bonchev–Trinajstić information content (AvgIpc) is 2.70. The molecule has 0 spiro atoms. The van der Waals surface area contributed by atoms with E-state index in [-0.39, 0.29) is 5.75 Å². The Morgan fingerprint density at radius 2 is 2.07 bits per heavy atom. The lowest BCUT2D eigenvalue weighted by atomic mass is 10.1. The molecule has 1 heterocycles. The van der Waals surface area contributed by atoms with E-state index in [0.717, 1.165) is 11.1 Å². The highest BCUT2D eigenvalue weighted by molar-refractivity contribution is 7.08. The smallest absolute Gasteiger partial charge is 0.133 e. The molecule has 0 aliphatic rings. The van der Waals surface area contributed by atoms with Crippen molar-refractivity contribution in [1.82, 2.24) is 0 Å². The summed E-state index contributed by atoms with van der Waals surface area (Å²) in [4.78, 5) is 0. The molecule has 68 valence electrons. The number of nitrogens with zero attached hydrogens (tertiary/aromatic N) is 1. The van der Waals surface area contributed by atoms with E-state index in [1.807, 2.05) is 29.0 Å². The summed E-state index contributed by atoms with van der Waals surface area (Å²) >= 11 is 1.60. The predicted octanol–water partition coefficient (Wildman–Crippen LogP) is 2.99. The topological polar surface area (TPSA) is 44.0 Å². The summed E-state index contributed by atoms with van der Waals surface area (Å²) in [6.07, 6.45) is 0. The summed E-state index contributed by atoms with van der Waals surface area (Å²) in [5, 5.41) is 22.1. The van der Waals surface area contributed by atoms with Crippen molar-refractivity contribution in [2.75, 3.05) is 0 Å². The molecule has 0 saturated carbocycles. The fourth-order valence-electron chi connectivity index (χ4n) is 1.23.